The number of rotatable bonds is 9. The summed E-state index contributed by atoms with van der Waals surface area (Å²) in [6, 6.07) is 7.37. The van der Waals surface area contributed by atoms with Crippen molar-refractivity contribution in [3.63, 3.8) is 0 Å². The smallest absolute Gasteiger partial charge is 0.136 e. The SMILES string of the molecule is C=Cc1ccccc1CN(C)C(O)[C@H](O)[C@@H](O)[C@H](O)[C@H](O)CO. The van der Waals surface area contributed by atoms with Crippen LogP contribution in [0, 0.1) is 0 Å². The minimum Gasteiger partial charge on any atom is -0.394 e. The Morgan fingerprint density at radius 2 is 1.65 bits per heavy atom. The van der Waals surface area contributed by atoms with E-state index in [1.165, 1.54) is 11.9 Å². The van der Waals surface area contributed by atoms with Crippen molar-refractivity contribution in [1.82, 2.24) is 4.90 Å². The lowest BCUT2D eigenvalue weighted by Gasteiger charge is -2.33. The Labute approximate surface area is 135 Å². The lowest BCUT2D eigenvalue weighted by atomic mass is 10.0. The van der Waals surface area contributed by atoms with Gasteiger partial charge in [-0.3, -0.25) is 4.90 Å². The summed E-state index contributed by atoms with van der Waals surface area (Å²) in [4.78, 5) is 1.38. The molecule has 6 N–H and O–H groups in total. The van der Waals surface area contributed by atoms with Gasteiger partial charge >= 0.3 is 0 Å². The second kappa shape index (κ2) is 9.09. The molecule has 0 saturated heterocycles. The van der Waals surface area contributed by atoms with E-state index < -0.39 is 37.3 Å². The third-order valence-electron chi connectivity index (χ3n) is 3.73. The van der Waals surface area contributed by atoms with Gasteiger partial charge in [-0.1, -0.05) is 36.9 Å². The fourth-order valence-electron chi connectivity index (χ4n) is 2.21. The fraction of sp³-hybridized carbons (Fsp3) is 0.500. The van der Waals surface area contributed by atoms with Gasteiger partial charge in [0.05, 0.1) is 6.61 Å². The number of nitrogens with zero attached hydrogens (tertiary/aromatic N) is 1. The highest BCUT2D eigenvalue weighted by Crippen LogP contribution is 2.16. The lowest BCUT2D eigenvalue weighted by Crippen LogP contribution is -2.53. The van der Waals surface area contributed by atoms with E-state index in [1.807, 2.05) is 24.3 Å². The Kier molecular flexibility index (Phi) is 7.80. The molecule has 0 bridgehead atoms. The molecular weight excluding hydrogens is 302 g/mol. The first-order valence-electron chi connectivity index (χ1n) is 7.25. The van der Waals surface area contributed by atoms with Crippen molar-refractivity contribution in [1.29, 1.82) is 0 Å². The first-order chi connectivity index (χ1) is 10.8. The molecule has 0 aromatic heterocycles. The Morgan fingerprint density at radius 3 is 2.22 bits per heavy atom. The topological polar surface area (TPSA) is 125 Å². The number of hydrogen-bond donors (Lipinski definition) is 6. The highest BCUT2D eigenvalue weighted by atomic mass is 16.4. The van der Waals surface area contributed by atoms with Crippen molar-refractivity contribution in [2.45, 2.75) is 37.2 Å². The molecule has 130 valence electrons. The summed E-state index contributed by atoms with van der Waals surface area (Å²) >= 11 is 0. The third-order valence-corrected chi connectivity index (χ3v) is 3.73. The molecule has 0 heterocycles. The summed E-state index contributed by atoms with van der Waals surface area (Å²) in [5.41, 5.74) is 1.74. The van der Waals surface area contributed by atoms with Crippen molar-refractivity contribution >= 4 is 6.08 Å². The highest BCUT2D eigenvalue weighted by Gasteiger charge is 2.35. The molecule has 5 atom stereocenters. The Hall–Kier alpha value is -1.32. The average Bonchev–Trinajstić information content (AvgIpc) is 2.58. The van der Waals surface area contributed by atoms with Gasteiger partial charge in [0.1, 0.15) is 30.6 Å². The molecule has 0 aliphatic carbocycles. The summed E-state index contributed by atoms with van der Waals surface area (Å²) in [5.74, 6) is 0. The molecule has 1 rings (SSSR count). The molecular formula is C16H25NO6. The number of aliphatic hydroxyl groups excluding tert-OH is 6. The molecule has 7 heteroatoms. The van der Waals surface area contributed by atoms with Crippen LogP contribution in [0.15, 0.2) is 30.8 Å². The molecule has 0 aliphatic rings. The zero-order chi connectivity index (χ0) is 17.6. The van der Waals surface area contributed by atoms with Crippen LogP contribution in [0.2, 0.25) is 0 Å². The lowest BCUT2D eigenvalue weighted by molar-refractivity contribution is -0.168. The normalized spacial score (nSPS) is 18.3. The maximum absolute atomic E-state index is 10.1. The van der Waals surface area contributed by atoms with Crippen LogP contribution < -0.4 is 0 Å². The van der Waals surface area contributed by atoms with Crippen LogP contribution in [0.3, 0.4) is 0 Å². The van der Waals surface area contributed by atoms with Gasteiger partial charge in [-0.25, -0.2) is 0 Å². The largest absolute Gasteiger partial charge is 0.394 e. The molecule has 23 heavy (non-hydrogen) atoms. The summed E-state index contributed by atoms with van der Waals surface area (Å²) < 4.78 is 0. The van der Waals surface area contributed by atoms with Gasteiger partial charge < -0.3 is 30.6 Å². The van der Waals surface area contributed by atoms with Gasteiger partial charge in [0, 0.05) is 6.54 Å². The maximum Gasteiger partial charge on any atom is 0.136 e. The molecule has 0 spiro atoms. The van der Waals surface area contributed by atoms with Gasteiger partial charge in [0.15, 0.2) is 0 Å². The Bertz CT molecular complexity index is 497. The zero-order valence-electron chi connectivity index (χ0n) is 13.0. The monoisotopic (exact) mass is 327 g/mol. The standard InChI is InChI=1S/C16H25NO6/c1-3-10-6-4-5-7-11(10)8-17(2)16(23)15(22)14(21)13(20)12(19)9-18/h3-7,12-16,18-23H,1,8-9H2,2H3/t12-,13-,14+,15-,16?/m1/s1. The first kappa shape index (κ1) is 19.7. The molecule has 0 radical (unpaired) electrons. The van der Waals surface area contributed by atoms with Crippen LogP contribution >= 0.6 is 0 Å². The highest BCUT2D eigenvalue weighted by molar-refractivity contribution is 5.51. The van der Waals surface area contributed by atoms with Crippen LogP contribution in [-0.2, 0) is 6.54 Å². The first-order valence-corrected chi connectivity index (χ1v) is 7.25. The van der Waals surface area contributed by atoms with E-state index in [4.69, 9.17) is 5.11 Å². The van der Waals surface area contributed by atoms with E-state index in [-0.39, 0.29) is 6.54 Å². The van der Waals surface area contributed by atoms with Gasteiger partial charge in [-0.05, 0) is 18.2 Å². The van der Waals surface area contributed by atoms with Crippen molar-refractivity contribution in [3.8, 4) is 0 Å². The Morgan fingerprint density at radius 1 is 1.04 bits per heavy atom. The van der Waals surface area contributed by atoms with E-state index in [1.54, 1.807) is 6.08 Å². The molecule has 1 aromatic rings. The molecule has 0 amide bonds. The minimum absolute atomic E-state index is 0.270. The number of hydrogen-bond acceptors (Lipinski definition) is 7. The summed E-state index contributed by atoms with van der Waals surface area (Å²) in [6.07, 6.45) is -6.75. The summed E-state index contributed by atoms with van der Waals surface area (Å²) in [7, 11) is 1.54. The van der Waals surface area contributed by atoms with Crippen LogP contribution in [0.1, 0.15) is 11.1 Å². The van der Waals surface area contributed by atoms with Gasteiger partial charge in [0.25, 0.3) is 0 Å². The summed E-state index contributed by atoms with van der Waals surface area (Å²) in [6.45, 7) is 3.20. The average molecular weight is 327 g/mol. The van der Waals surface area contributed by atoms with Crippen LogP contribution in [0.25, 0.3) is 6.08 Å². The predicted octanol–water partition coefficient (Wildman–Crippen LogP) is -1.48. The second-order valence-corrected chi connectivity index (χ2v) is 5.45. The van der Waals surface area contributed by atoms with E-state index in [2.05, 4.69) is 6.58 Å². The zero-order valence-corrected chi connectivity index (χ0v) is 13.0. The minimum atomic E-state index is -1.82. The van der Waals surface area contributed by atoms with E-state index in [9.17, 15) is 25.5 Å². The molecule has 1 unspecified atom stereocenters. The van der Waals surface area contributed by atoms with Crippen molar-refractivity contribution < 1.29 is 30.6 Å². The van der Waals surface area contributed by atoms with Crippen LogP contribution in [0.4, 0.5) is 0 Å². The molecule has 0 saturated carbocycles. The van der Waals surface area contributed by atoms with Gasteiger partial charge in [-0.15, -0.1) is 0 Å². The van der Waals surface area contributed by atoms with Crippen LogP contribution in [0.5, 0.6) is 0 Å². The fourth-order valence-corrected chi connectivity index (χ4v) is 2.21. The molecule has 0 aliphatic heterocycles. The maximum atomic E-state index is 10.1. The molecule has 0 fully saturated rings. The van der Waals surface area contributed by atoms with E-state index >= 15 is 0 Å². The second-order valence-electron chi connectivity index (χ2n) is 5.45. The van der Waals surface area contributed by atoms with Crippen molar-refractivity contribution in [2.75, 3.05) is 13.7 Å². The van der Waals surface area contributed by atoms with E-state index in [0.29, 0.717) is 0 Å². The quantitative estimate of drug-likeness (QED) is 0.305. The number of likely N-dealkylation sites (N-methyl/N-ethyl adjacent to an activating group) is 1. The number of benzene rings is 1. The predicted molar refractivity (Wildman–Crippen MR) is 85.1 cm³/mol. The molecule has 1 aromatic carbocycles. The molecule has 7 nitrogen and oxygen atoms in total. The van der Waals surface area contributed by atoms with Crippen molar-refractivity contribution in [2.24, 2.45) is 0 Å². The Balaban J connectivity index is 2.75. The van der Waals surface area contributed by atoms with Crippen molar-refractivity contribution in [3.05, 3.63) is 42.0 Å². The summed E-state index contributed by atoms with van der Waals surface area (Å²) in [5, 5.41) is 57.5. The third kappa shape index (κ3) is 5.08. The van der Waals surface area contributed by atoms with Gasteiger partial charge in [0.2, 0.25) is 0 Å². The van der Waals surface area contributed by atoms with E-state index in [0.717, 1.165) is 11.1 Å². The number of aliphatic hydroxyl groups is 6. The van der Waals surface area contributed by atoms with Crippen LogP contribution in [-0.4, -0.2) is 79.8 Å². The van der Waals surface area contributed by atoms with Gasteiger partial charge in [-0.2, -0.15) is 0 Å².